The summed E-state index contributed by atoms with van der Waals surface area (Å²) in [6, 6.07) is 7.79. The number of anilines is 1. The number of hydrogen-bond donors (Lipinski definition) is 1. The highest BCUT2D eigenvalue weighted by molar-refractivity contribution is 5.76. The van der Waals surface area contributed by atoms with Crippen LogP contribution in [-0.2, 0) is 4.74 Å². The first-order valence-corrected chi connectivity index (χ1v) is 6.77. The number of rotatable bonds is 3. The molecule has 2 N–H and O–H groups in total. The molecule has 2 heterocycles. The Morgan fingerprint density at radius 1 is 1.30 bits per heavy atom. The van der Waals surface area contributed by atoms with Gasteiger partial charge in [-0.1, -0.05) is 17.3 Å². The van der Waals surface area contributed by atoms with Crippen molar-refractivity contribution in [3.63, 3.8) is 0 Å². The topological polar surface area (TPSA) is 70.5 Å². The average molecular weight is 274 g/mol. The molecule has 0 atom stereocenters. The fraction of sp³-hybridized carbons (Fsp3) is 0.400. The number of nitrogens with zero attached hydrogens (tertiary/aromatic N) is 1. The predicted octanol–water partition coefficient (Wildman–Crippen LogP) is 2.83. The lowest BCUT2D eigenvalue weighted by Gasteiger charge is -2.20. The van der Waals surface area contributed by atoms with E-state index in [0.717, 1.165) is 48.6 Å². The first kappa shape index (κ1) is 13.0. The highest BCUT2D eigenvalue weighted by Gasteiger charge is 2.25. The number of aromatic nitrogens is 1. The molecule has 2 aromatic rings. The van der Waals surface area contributed by atoms with Gasteiger partial charge in [-0.3, -0.25) is 0 Å². The maximum Gasteiger partial charge on any atom is 0.230 e. The second-order valence-corrected chi connectivity index (χ2v) is 4.93. The average Bonchev–Trinajstić information content (AvgIpc) is 2.90. The van der Waals surface area contributed by atoms with Crippen molar-refractivity contribution < 1.29 is 14.0 Å². The largest absolute Gasteiger partial charge is 0.497 e. The highest BCUT2D eigenvalue weighted by Crippen LogP contribution is 2.38. The summed E-state index contributed by atoms with van der Waals surface area (Å²) in [5.74, 6) is 1.49. The van der Waals surface area contributed by atoms with E-state index in [9.17, 15) is 0 Å². The Labute approximate surface area is 117 Å². The quantitative estimate of drug-likeness (QED) is 0.931. The number of nitrogen functional groups attached to an aromatic ring is 1. The third kappa shape index (κ3) is 2.36. The van der Waals surface area contributed by atoms with E-state index in [1.807, 2.05) is 24.3 Å². The molecule has 3 rings (SSSR count). The van der Waals surface area contributed by atoms with Gasteiger partial charge in [-0.15, -0.1) is 0 Å². The zero-order valence-corrected chi connectivity index (χ0v) is 11.5. The zero-order chi connectivity index (χ0) is 13.9. The molecule has 1 aliphatic rings. The van der Waals surface area contributed by atoms with Crippen LogP contribution in [0, 0.1) is 0 Å². The van der Waals surface area contributed by atoms with E-state index >= 15 is 0 Å². The summed E-state index contributed by atoms with van der Waals surface area (Å²) in [5.41, 5.74) is 8.76. The Morgan fingerprint density at radius 2 is 2.10 bits per heavy atom. The molecule has 0 aliphatic carbocycles. The molecule has 20 heavy (non-hydrogen) atoms. The Balaban J connectivity index is 2.01. The highest BCUT2D eigenvalue weighted by atomic mass is 16.5. The number of methoxy groups -OCH3 is 1. The van der Waals surface area contributed by atoms with Crippen molar-refractivity contribution in [3.05, 3.63) is 30.0 Å². The van der Waals surface area contributed by atoms with Gasteiger partial charge in [-0.05, 0) is 30.5 Å². The number of nitrogens with two attached hydrogens (primary N) is 1. The van der Waals surface area contributed by atoms with Gasteiger partial charge in [0.2, 0.25) is 5.88 Å². The van der Waals surface area contributed by atoms with E-state index in [0.29, 0.717) is 11.8 Å². The maximum absolute atomic E-state index is 5.97. The van der Waals surface area contributed by atoms with Crippen LogP contribution in [0.15, 0.2) is 28.8 Å². The summed E-state index contributed by atoms with van der Waals surface area (Å²) in [6.45, 7) is 1.52. The van der Waals surface area contributed by atoms with Crippen LogP contribution in [0.4, 0.5) is 5.88 Å². The van der Waals surface area contributed by atoms with E-state index in [1.165, 1.54) is 0 Å². The monoisotopic (exact) mass is 274 g/mol. The Hall–Kier alpha value is -2.01. The second-order valence-electron chi connectivity index (χ2n) is 4.93. The molecule has 1 aromatic heterocycles. The molecule has 106 valence electrons. The van der Waals surface area contributed by atoms with Gasteiger partial charge in [0, 0.05) is 19.1 Å². The first-order chi connectivity index (χ1) is 9.79. The minimum absolute atomic E-state index is 0.339. The maximum atomic E-state index is 5.97. The van der Waals surface area contributed by atoms with Crippen LogP contribution in [0.25, 0.3) is 11.1 Å². The zero-order valence-electron chi connectivity index (χ0n) is 11.5. The number of hydrogen-bond acceptors (Lipinski definition) is 5. The lowest BCUT2D eigenvalue weighted by molar-refractivity contribution is 0.0839. The SMILES string of the molecule is COc1cccc(-c2c(C3CCOCC3)noc2N)c1. The lowest BCUT2D eigenvalue weighted by Crippen LogP contribution is -2.15. The van der Waals surface area contributed by atoms with Crippen LogP contribution >= 0.6 is 0 Å². The molecule has 0 spiro atoms. The summed E-state index contributed by atoms with van der Waals surface area (Å²) in [5, 5.41) is 4.17. The fourth-order valence-electron chi connectivity index (χ4n) is 2.63. The summed E-state index contributed by atoms with van der Waals surface area (Å²) >= 11 is 0. The molecule has 1 fully saturated rings. The Bertz CT molecular complexity index is 589. The number of ether oxygens (including phenoxy) is 2. The van der Waals surface area contributed by atoms with Gasteiger partial charge in [0.05, 0.1) is 18.4 Å². The van der Waals surface area contributed by atoms with E-state index in [2.05, 4.69) is 5.16 Å². The van der Waals surface area contributed by atoms with Crippen molar-refractivity contribution in [1.29, 1.82) is 0 Å². The molecule has 0 unspecified atom stereocenters. The minimum atomic E-state index is 0.339. The van der Waals surface area contributed by atoms with Crippen LogP contribution in [0.3, 0.4) is 0 Å². The van der Waals surface area contributed by atoms with Gasteiger partial charge in [0.25, 0.3) is 0 Å². The van der Waals surface area contributed by atoms with Gasteiger partial charge in [-0.2, -0.15) is 0 Å². The van der Waals surface area contributed by atoms with Crippen LogP contribution in [0.5, 0.6) is 5.75 Å². The molecular formula is C15H18N2O3. The standard InChI is InChI=1S/C15H18N2O3/c1-18-12-4-2-3-11(9-12)13-14(17-20-15(13)16)10-5-7-19-8-6-10/h2-4,9-10H,5-8,16H2,1H3. The Kier molecular flexibility index (Phi) is 3.60. The summed E-state index contributed by atoms with van der Waals surface area (Å²) in [7, 11) is 1.65. The van der Waals surface area contributed by atoms with Crippen LogP contribution in [0.2, 0.25) is 0 Å². The Morgan fingerprint density at radius 3 is 2.85 bits per heavy atom. The molecule has 1 aliphatic heterocycles. The van der Waals surface area contributed by atoms with Gasteiger partial charge in [-0.25, -0.2) is 0 Å². The second kappa shape index (κ2) is 5.54. The minimum Gasteiger partial charge on any atom is -0.497 e. The van der Waals surface area contributed by atoms with E-state index < -0.39 is 0 Å². The molecule has 0 bridgehead atoms. The normalized spacial score (nSPS) is 16.2. The van der Waals surface area contributed by atoms with Crippen LogP contribution < -0.4 is 10.5 Å². The molecule has 0 amide bonds. The van der Waals surface area contributed by atoms with E-state index in [4.69, 9.17) is 19.7 Å². The fourth-order valence-corrected chi connectivity index (χ4v) is 2.63. The van der Waals surface area contributed by atoms with Crippen molar-refractivity contribution in [1.82, 2.24) is 5.16 Å². The van der Waals surface area contributed by atoms with Gasteiger partial charge in [0.1, 0.15) is 5.75 Å². The molecule has 0 saturated carbocycles. The summed E-state index contributed by atoms with van der Waals surface area (Å²) in [6.07, 6.45) is 1.89. The molecule has 1 aromatic carbocycles. The van der Waals surface area contributed by atoms with Crippen molar-refractivity contribution >= 4 is 5.88 Å². The molecule has 0 radical (unpaired) electrons. The van der Waals surface area contributed by atoms with Crippen molar-refractivity contribution in [2.24, 2.45) is 0 Å². The van der Waals surface area contributed by atoms with Crippen LogP contribution in [-0.4, -0.2) is 25.5 Å². The van der Waals surface area contributed by atoms with Crippen molar-refractivity contribution in [3.8, 4) is 16.9 Å². The third-order valence-corrected chi connectivity index (χ3v) is 3.71. The third-order valence-electron chi connectivity index (χ3n) is 3.71. The van der Waals surface area contributed by atoms with Crippen LogP contribution in [0.1, 0.15) is 24.5 Å². The molecule has 5 nitrogen and oxygen atoms in total. The summed E-state index contributed by atoms with van der Waals surface area (Å²) in [4.78, 5) is 0. The lowest BCUT2D eigenvalue weighted by atomic mass is 9.91. The molecule has 5 heteroatoms. The van der Waals surface area contributed by atoms with Crippen molar-refractivity contribution in [2.75, 3.05) is 26.1 Å². The van der Waals surface area contributed by atoms with Gasteiger partial charge < -0.3 is 19.7 Å². The molecule has 1 saturated heterocycles. The van der Waals surface area contributed by atoms with E-state index in [-0.39, 0.29) is 0 Å². The predicted molar refractivity (Wildman–Crippen MR) is 75.7 cm³/mol. The smallest absolute Gasteiger partial charge is 0.230 e. The molecular weight excluding hydrogens is 256 g/mol. The van der Waals surface area contributed by atoms with Crippen molar-refractivity contribution in [2.45, 2.75) is 18.8 Å². The van der Waals surface area contributed by atoms with Gasteiger partial charge in [0.15, 0.2) is 0 Å². The first-order valence-electron chi connectivity index (χ1n) is 6.77. The van der Waals surface area contributed by atoms with Gasteiger partial charge >= 0.3 is 0 Å². The summed E-state index contributed by atoms with van der Waals surface area (Å²) < 4.78 is 15.9. The van der Waals surface area contributed by atoms with E-state index in [1.54, 1.807) is 7.11 Å². The number of benzene rings is 1.